The Labute approximate surface area is 176 Å². The van der Waals surface area contributed by atoms with Crippen molar-refractivity contribution in [3.63, 3.8) is 0 Å². The van der Waals surface area contributed by atoms with Gasteiger partial charge in [-0.15, -0.1) is 0 Å². The minimum atomic E-state index is -1.11. The van der Waals surface area contributed by atoms with Crippen LogP contribution in [0.2, 0.25) is 0 Å². The predicted molar refractivity (Wildman–Crippen MR) is 115 cm³/mol. The van der Waals surface area contributed by atoms with Crippen molar-refractivity contribution in [3.8, 4) is 0 Å². The Morgan fingerprint density at radius 1 is 0.548 bits per heavy atom. The van der Waals surface area contributed by atoms with Crippen LogP contribution in [-0.4, -0.2) is 34.8 Å². The van der Waals surface area contributed by atoms with Crippen LogP contribution >= 0.6 is 0 Å². The van der Waals surface area contributed by atoms with Crippen LogP contribution in [-0.2, 0) is 0 Å². The molecular formula is C26H15NO4. The lowest BCUT2D eigenvalue weighted by molar-refractivity contribution is 0.0567. The summed E-state index contributed by atoms with van der Waals surface area (Å²) in [5.74, 6) is -2.78. The Morgan fingerprint density at radius 3 is 1.39 bits per heavy atom. The Balaban J connectivity index is 1.45. The maximum absolute atomic E-state index is 13.3. The fourth-order valence-electron chi connectivity index (χ4n) is 4.84. The predicted octanol–water partition coefficient (Wildman–Crippen LogP) is 4.28. The molecule has 148 valence electrons. The molecule has 31 heavy (non-hydrogen) atoms. The Kier molecular flexibility index (Phi) is 3.54. The summed E-state index contributed by atoms with van der Waals surface area (Å²) in [7, 11) is 0. The summed E-state index contributed by atoms with van der Waals surface area (Å²) in [6.45, 7) is -0.273. The van der Waals surface area contributed by atoms with E-state index < -0.39 is 17.7 Å². The van der Waals surface area contributed by atoms with E-state index in [1.54, 1.807) is 48.5 Å². The number of benzene rings is 4. The van der Waals surface area contributed by atoms with E-state index in [1.165, 1.54) is 0 Å². The summed E-state index contributed by atoms with van der Waals surface area (Å²) in [6.07, 6.45) is 0. The molecule has 0 fully saturated rings. The first-order chi connectivity index (χ1) is 15.1. The number of amides is 2. The van der Waals surface area contributed by atoms with Gasteiger partial charge in [0, 0.05) is 39.6 Å². The molecule has 6 rings (SSSR count). The van der Waals surface area contributed by atoms with Gasteiger partial charge >= 0.3 is 0 Å². The van der Waals surface area contributed by atoms with Crippen molar-refractivity contribution < 1.29 is 19.2 Å². The van der Waals surface area contributed by atoms with Crippen molar-refractivity contribution in [2.75, 3.05) is 6.54 Å². The zero-order valence-electron chi connectivity index (χ0n) is 16.3. The van der Waals surface area contributed by atoms with E-state index in [0.717, 1.165) is 15.7 Å². The quantitative estimate of drug-likeness (QED) is 0.369. The highest BCUT2D eigenvalue weighted by molar-refractivity contribution is 6.30. The number of ketones is 2. The lowest BCUT2D eigenvalue weighted by atomic mass is 9.79. The molecule has 2 amide bonds. The third-order valence-electron chi connectivity index (χ3n) is 6.29. The van der Waals surface area contributed by atoms with Crippen LogP contribution in [0.25, 0.3) is 21.5 Å². The molecule has 5 nitrogen and oxygen atoms in total. The van der Waals surface area contributed by atoms with Gasteiger partial charge in [-0.25, -0.2) is 0 Å². The first-order valence-electron chi connectivity index (χ1n) is 10.0. The number of rotatable bonds is 2. The molecule has 0 spiro atoms. The summed E-state index contributed by atoms with van der Waals surface area (Å²) in [5.41, 5.74) is 1.73. The SMILES string of the molecule is O=C1c2cccc3cccc(c23)C(=O)C1CN1C(=O)c2cccc3cccc(c23)C1=O. The number of imide groups is 1. The molecule has 1 aliphatic carbocycles. The van der Waals surface area contributed by atoms with Crippen LogP contribution in [0, 0.1) is 5.92 Å². The third kappa shape index (κ3) is 2.31. The third-order valence-corrected chi connectivity index (χ3v) is 6.29. The van der Waals surface area contributed by atoms with Crippen molar-refractivity contribution in [3.05, 3.63) is 95.1 Å². The number of carbonyl (C=O) groups excluding carboxylic acids is 4. The van der Waals surface area contributed by atoms with Gasteiger partial charge in [-0.1, -0.05) is 60.7 Å². The molecule has 5 heteroatoms. The van der Waals surface area contributed by atoms with E-state index in [9.17, 15) is 19.2 Å². The molecule has 0 atom stereocenters. The summed E-state index contributed by atoms with van der Waals surface area (Å²) in [6, 6.07) is 21.3. The topological polar surface area (TPSA) is 71.5 Å². The number of hydrogen-bond acceptors (Lipinski definition) is 4. The molecule has 2 aliphatic rings. The second-order valence-corrected chi connectivity index (χ2v) is 7.92. The Morgan fingerprint density at radius 2 is 0.935 bits per heavy atom. The van der Waals surface area contributed by atoms with E-state index >= 15 is 0 Å². The maximum atomic E-state index is 13.3. The Bertz CT molecular complexity index is 1290. The number of carbonyl (C=O) groups is 4. The van der Waals surface area contributed by atoms with Crippen molar-refractivity contribution in [2.45, 2.75) is 0 Å². The summed E-state index contributed by atoms with van der Waals surface area (Å²) in [4.78, 5) is 54.0. The van der Waals surface area contributed by atoms with Crippen LogP contribution < -0.4 is 0 Å². The molecule has 4 aromatic carbocycles. The van der Waals surface area contributed by atoms with Gasteiger partial charge in [0.25, 0.3) is 11.8 Å². The second kappa shape index (κ2) is 6.19. The fraction of sp³-hybridized carbons (Fsp3) is 0.0769. The molecule has 0 unspecified atom stereocenters. The van der Waals surface area contributed by atoms with Gasteiger partial charge in [0.05, 0.1) is 0 Å². The number of hydrogen-bond donors (Lipinski definition) is 0. The largest absolute Gasteiger partial charge is 0.293 e. The number of nitrogens with zero attached hydrogens (tertiary/aromatic N) is 1. The van der Waals surface area contributed by atoms with Crippen LogP contribution in [0.4, 0.5) is 0 Å². The zero-order valence-corrected chi connectivity index (χ0v) is 16.3. The average Bonchev–Trinajstić information content (AvgIpc) is 2.80. The Hall–Kier alpha value is -4.12. The van der Waals surface area contributed by atoms with Gasteiger partial charge < -0.3 is 0 Å². The van der Waals surface area contributed by atoms with Gasteiger partial charge in [-0.3, -0.25) is 24.1 Å². The lowest BCUT2D eigenvalue weighted by Crippen LogP contribution is -2.47. The monoisotopic (exact) mass is 405 g/mol. The van der Waals surface area contributed by atoms with Gasteiger partial charge in [0.15, 0.2) is 11.6 Å². The highest BCUT2D eigenvalue weighted by Crippen LogP contribution is 2.35. The minimum Gasteiger partial charge on any atom is -0.293 e. The van der Waals surface area contributed by atoms with E-state index in [1.807, 2.05) is 24.3 Å². The van der Waals surface area contributed by atoms with Gasteiger partial charge in [0.2, 0.25) is 0 Å². The first-order valence-corrected chi connectivity index (χ1v) is 10.0. The fourth-order valence-corrected chi connectivity index (χ4v) is 4.84. The van der Waals surface area contributed by atoms with Gasteiger partial charge in [0.1, 0.15) is 5.92 Å². The normalized spacial score (nSPS) is 15.9. The molecule has 4 aromatic rings. The van der Waals surface area contributed by atoms with Crippen molar-refractivity contribution in [1.82, 2.24) is 4.90 Å². The van der Waals surface area contributed by atoms with Crippen LogP contribution in [0.1, 0.15) is 41.4 Å². The highest BCUT2D eigenvalue weighted by atomic mass is 16.2. The number of Topliss-reactive ketones (excluding diaryl/α,β-unsaturated/α-hetero) is 2. The maximum Gasteiger partial charge on any atom is 0.261 e. The van der Waals surface area contributed by atoms with E-state index in [2.05, 4.69) is 0 Å². The van der Waals surface area contributed by atoms with Gasteiger partial charge in [-0.05, 0) is 22.9 Å². The molecule has 0 saturated heterocycles. The van der Waals surface area contributed by atoms with Crippen LogP contribution in [0.3, 0.4) is 0 Å². The van der Waals surface area contributed by atoms with Crippen LogP contribution in [0.15, 0.2) is 72.8 Å². The lowest BCUT2D eigenvalue weighted by Gasteiger charge is -2.31. The summed E-state index contributed by atoms with van der Waals surface area (Å²) >= 11 is 0. The molecule has 1 heterocycles. The minimum absolute atomic E-state index is 0.273. The second-order valence-electron chi connectivity index (χ2n) is 7.92. The average molecular weight is 405 g/mol. The molecule has 0 aromatic heterocycles. The van der Waals surface area contributed by atoms with Crippen LogP contribution in [0.5, 0.6) is 0 Å². The molecule has 0 saturated carbocycles. The molecule has 0 bridgehead atoms. The molecule has 1 aliphatic heterocycles. The van der Waals surface area contributed by atoms with E-state index in [0.29, 0.717) is 33.0 Å². The van der Waals surface area contributed by atoms with E-state index in [4.69, 9.17) is 0 Å². The molecular weight excluding hydrogens is 390 g/mol. The van der Waals surface area contributed by atoms with Gasteiger partial charge in [-0.2, -0.15) is 0 Å². The van der Waals surface area contributed by atoms with E-state index in [-0.39, 0.29) is 18.1 Å². The highest BCUT2D eigenvalue weighted by Gasteiger charge is 2.41. The first kappa shape index (κ1) is 17.7. The van der Waals surface area contributed by atoms with Crippen molar-refractivity contribution >= 4 is 44.9 Å². The summed E-state index contributed by atoms with van der Waals surface area (Å²) < 4.78 is 0. The van der Waals surface area contributed by atoms with Crippen molar-refractivity contribution in [1.29, 1.82) is 0 Å². The summed E-state index contributed by atoms with van der Waals surface area (Å²) in [5, 5.41) is 2.89. The smallest absolute Gasteiger partial charge is 0.261 e. The zero-order chi connectivity index (χ0) is 21.3. The standard InChI is InChI=1S/C26H15NO4/c28-23-16-9-1-5-14-6-2-10-17(21(14)16)24(29)20(23)13-27-25(30)18-11-3-7-15-8-4-12-19(22(15)18)26(27)31/h1-12,20H,13H2. The molecule has 0 N–H and O–H groups in total. The van der Waals surface area contributed by atoms with Crippen molar-refractivity contribution in [2.24, 2.45) is 5.92 Å². The molecule has 0 radical (unpaired) electrons.